The molecule has 0 radical (unpaired) electrons. The molecule has 2 nitrogen and oxygen atoms in total. The summed E-state index contributed by atoms with van der Waals surface area (Å²) in [6.07, 6.45) is -2.62. The van der Waals surface area contributed by atoms with Crippen LogP contribution in [0.1, 0.15) is 0 Å². The molecule has 13 heavy (non-hydrogen) atoms. The predicted octanol–water partition coefficient (Wildman–Crippen LogP) is 1.93. The molecule has 3 unspecified atom stereocenters. The van der Waals surface area contributed by atoms with Gasteiger partial charge < -0.3 is 4.55 Å². The minimum absolute atomic E-state index is 0.187. The van der Waals surface area contributed by atoms with Crippen LogP contribution in [-0.4, -0.2) is 19.9 Å². The van der Waals surface area contributed by atoms with Crippen LogP contribution in [0.25, 0.3) is 0 Å². The molecule has 7 heteroatoms. The molecule has 0 aliphatic heterocycles. The van der Waals surface area contributed by atoms with Crippen LogP contribution in [0.2, 0.25) is 0 Å². The molecule has 3 atom stereocenters. The zero-order chi connectivity index (χ0) is 10.2. The van der Waals surface area contributed by atoms with Crippen molar-refractivity contribution in [3.63, 3.8) is 0 Å². The average Bonchev–Trinajstić information content (AvgIpc) is 2.08. The van der Waals surface area contributed by atoms with Gasteiger partial charge in [0.25, 0.3) is 5.00 Å². The molecule has 0 amide bonds. The van der Waals surface area contributed by atoms with Crippen LogP contribution in [0.3, 0.4) is 0 Å². The normalized spacial score (nSPS) is 36.5. The minimum Gasteiger partial charge on any atom is -0.303 e. The van der Waals surface area contributed by atoms with E-state index in [9.17, 15) is 21.8 Å². The third-order valence-electron chi connectivity index (χ3n) is 1.52. The number of hydrogen-bond acceptors (Lipinski definition) is 1. The Morgan fingerprint density at radius 2 is 2.08 bits per heavy atom. The van der Waals surface area contributed by atoms with Crippen molar-refractivity contribution in [1.29, 1.82) is 0 Å². The average molecular weight is 216 g/mol. The fourth-order valence-electron chi connectivity index (χ4n) is 0.791. The summed E-state index contributed by atoms with van der Waals surface area (Å²) in [6, 6.07) is 0. The van der Waals surface area contributed by atoms with Crippen LogP contribution in [0, 0.1) is 0 Å². The Morgan fingerprint density at radius 1 is 1.54 bits per heavy atom. The van der Waals surface area contributed by atoms with Crippen molar-refractivity contribution in [2.24, 2.45) is 0 Å². The largest absolute Gasteiger partial charge is 0.303 e. The van der Waals surface area contributed by atoms with E-state index in [2.05, 4.69) is 0 Å². The molecule has 0 aromatic heterocycles. The maximum Gasteiger partial charge on any atom is 0.265 e. The highest BCUT2D eigenvalue weighted by Gasteiger charge is 2.49. The van der Waals surface area contributed by atoms with Crippen molar-refractivity contribution in [3.05, 3.63) is 23.8 Å². The first-order valence-corrected chi connectivity index (χ1v) is 4.18. The molecule has 0 aromatic rings. The highest BCUT2D eigenvalue weighted by atomic mass is 32.2. The van der Waals surface area contributed by atoms with E-state index >= 15 is 0 Å². The Kier molecular flexibility index (Phi) is 2.58. The van der Waals surface area contributed by atoms with Gasteiger partial charge in [-0.2, -0.15) is 0 Å². The van der Waals surface area contributed by atoms with Crippen LogP contribution in [-0.2, 0) is 11.1 Å². The van der Waals surface area contributed by atoms with E-state index in [1.165, 1.54) is 0 Å². The molecule has 0 bridgehead atoms. The summed E-state index contributed by atoms with van der Waals surface area (Å²) in [5.74, 6) is -3.58. The smallest absolute Gasteiger partial charge is 0.265 e. The lowest BCUT2D eigenvalue weighted by molar-refractivity contribution is 0.161. The third-order valence-corrected chi connectivity index (χ3v) is 2.40. The predicted molar refractivity (Wildman–Crippen MR) is 37.9 cm³/mol. The monoisotopic (exact) mass is 216 g/mol. The van der Waals surface area contributed by atoms with E-state index in [0.29, 0.717) is 0 Å². The lowest BCUT2D eigenvalue weighted by atomic mass is 10.1. The Balaban J connectivity index is 3.12. The van der Waals surface area contributed by atoms with Gasteiger partial charge in [-0.1, -0.05) is 0 Å². The summed E-state index contributed by atoms with van der Waals surface area (Å²) in [7, 11) is 0. The molecule has 0 heterocycles. The van der Waals surface area contributed by atoms with Gasteiger partial charge in [0.15, 0.2) is 22.7 Å². The molecule has 0 fully saturated rings. The number of halogens is 4. The number of hydrogen-bond donors (Lipinski definition) is 1. The second kappa shape index (κ2) is 3.22. The Labute approximate surface area is 73.2 Å². The molecular weight excluding hydrogens is 212 g/mol. The van der Waals surface area contributed by atoms with Gasteiger partial charge >= 0.3 is 0 Å². The molecule has 0 spiro atoms. The maximum absolute atomic E-state index is 13.1. The molecule has 1 N–H and O–H groups in total. The summed E-state index contributed by atoms with van der Waals surface area (Å²) >= 11 is -3.25. The van der Waals surface area contributed by atoms with Gasteiger partial charge in [-0.15, -0.1) is 0 Å². The standard InChI is InChI=1S/C6H4F4O2S/c7-3-1-2-6(10,13(11)12)5(9)4(3)8/h1-2,5H,(H,11,12). The maximum atomic E-state index is 13.1. The van der Waals surface area contributed by atoms with Crippen LogP contribution < -0.4 is 0 Å². The van der Waals surface area contributed by atoms with E-state index in [0.717, 1.165) is 0 Å². The van der Waals surface area contributed by atoms with Crippen LogP contribution in [0.4, 0.5) is 17.6 Å². The lowest BCUT2D eigenvalue weighted by Crippen LogP contribution is -2.39. The molecule has 0 saturated heterocycles. The molecule has 0 saturated carbocycles. The van der Waals surface area contributed by atoms with Crippen LogP contribution in [0.15, 0.2) is 23.8 Å². The van der Waals surface area contributed by atoms with E-state index in [1.807, 2.05) is 0 Å². The number of allylic oxidation sites excluding steroid dienone is 3. The van der Waals surface area contributed by atoms with Crippen molar-refractivity contribution in [2.45, 2.75) is 11.2 Å². The molecule has 74 valence electrons. The highest BCUT2D eigenvalue weighted by Crippen LogP contribution is 2.36. The summed E-state index contributed by atoms with van der Waals surface area (Å²) in [5.41, 5.74) is 0. The van der Waals surface area contributed by atoms with Crippen LogP contribution >= 0.6 is 0 Å². The topological polar surface area (TPSA) is 37.3 Å². The number of alkyl halides is 2. The zero-order valence-corrected chi connectivity index (χ0v) is 6.82. The Hall–Kier alpha value is -0.690. The summed E-state index contributed by atoms with van der Waals surface area (Å²) < 4.78 is 69.0. The second-order valence-corrected chi connectivity index (χ2v) is 3.46. The summed E-state index contributed by atoms with van der Waals surface area (Å²) in [5, 5.41) is -3.40. The zero-order valence-electron chi connectivity index (χ0n) is 6.01. The first-order chi connectivity index (χ1) is 5.89. The molecule has 1 rings (SSSR count). The fourth-order valence-corrected chi connectivity index (χ4v) is 1.26. The third kappa shape index (κ3) is 1.53. The second-order valence-electron chi connectivity index (χ2n) is 2.34. The van der Waals surface area contributed by atoms with Gasteiger partial charge in [-0.05, 0) is 12.2 Å². The van der Waals surface area contributed by atoms with Gasteiger partial charge in [0.05, 0.1) is 0 Å². The Bertz CT molecular complexity index is 314. The Morgan fingerprint density at radius 3 is 2.54 bits per heavy atom. The molecule has 1 aliphatic rings. The quantitative estimate of drug-likeness (QED) is 0.537. The highest BCUT2D eigenvalue weighted by molar-refractivity contribution is 7.80. The van der Waals surface area contributed by atoms with Crippen LogP contribution in [0.5, 0.6) is 0 Å². The summed E-state index contributed by atoms with van der Waals surface area (Å²) in [4.78, 5) is 0. The SMILES string of the molecule is O=S(O)C1(F)C=CC(F)=C(F)C1F. The molecule has 1 aliphatic carbocycles. The van der Waals surface area contributed by atoms with Gasteiger partial charge in [-0.25, -0.2) is 21.8 Å². The van der Waals surface area contributed by atoms with E-state index in [4.69, 9.17) is 4.55 Å². The van der Waals surface area contributed by atoms with Crippen molar-refractivity contribution in [1.82, 2.24) is 0 Å². The van der Waals surface area contributed by atoms with Gasteiger partial charge in [0, 0.05) is 0 Å². The fraction of sp³-hybridized carbons (Fsp3) is 0.333. The molecule has 0 aromatic carbocycles. The first kappa shape index (κ1) is 10.4. The van der Waals surface area contributed by atoms with Gasteiger partial charge in [-0.3, -0.25) is 0 Å². The molecular formula is C6H4F4O2S. The van der Waals surface area contributed by atoms with E-state index < -0.39 is 33.9 Å². The van der Waals surface area contributed by atoms with Crippen molar-refractivity contribution >= 4 is 11.1 Å². The number of rotatable bonds is 1. The van der Waals surface area contributed by atoms with Gasteiger partial charge in [0.2, 0.25) is 6.17 Å². The van der Waals surface area contributed by atoms with Crippen molar-refractivity contribution in [3.8, 4) is 0 Å². The van der Waals surface area contributed by atoms with E-state index in [-0.39, 0.29) is 12.2 Å². The summed E-state index contributed by atoms with van der Waals surface area (Å²) in [6.45, 7) is 0. The lowest BCUT2D eigenvalue weighted by Gasteiger charge is -2.23. The van der Waals surface area contributed by atoms with Crippen molar-refractivity contribution in [2.75, 3.05) is 0 Å². The van der Waals surface area contributed by atoms with Crippen molar-refractivity contribution < 1.29 is 26.3 Å². The minimum atomic E-state index is -3.40. The van der Waals surface area contributed by atoms with E-state index in [1.54, 1.807) is 0 Å². The van der Waals surface area contributed by atoms with Gasteiger partial charge in [0.1, 0.15) is 0 Å². The first-order valence-electron chi connectivity index (χ1n) is 3.08.